The summed E-state index contributed by atoms with van der Waals surface area (Å²) in [6, 6.07) is 7.95. The smallest absolute Gasteiger partial charge is 0.180 e. The van der Waals surface area contributed by atoms with Crippen LogP contribution < -0.4 is 5.32 Å². The molecule has 14 heavy (non-hydrogen) atoms. The third-order valence-electron chi connectivity index (χ3n) is 2.75. The zero-order chi connectivity index (χ0) is 9.97. The second-order valence-electron chi connectivity index (χ2n) is 3.67. The molecule has 0 saturated heterocycles. The number of carbonyl (C=O) groups is 1. The molecule has 0 fully saturated rings. The second kappa shape index (κ2) is 3.93. The number of ketones is 1. The van der Waals surface area contributed by atoms with E-state index in [2.05, 4.69) is 11.4 Å². The number of benzene rings is 1. The summed E-state index contributed by atoms with van der Waals surface area (Å²) in [6.07, 6.45) is 1.95. The molecule has 0 radical (unpaired) electrons. The summed E-state index contributed by atoms with van der Waals surface area (Å²) in [7, 11) is 0. The molecule has 1 aromatic rings. The van der Waals surface area contributed by atoms with Crippen LogP contribution >= 0.6 is 0 Å². The summed E-state index contributed by atoms with van der Waals surface area (Å²) in [6.45, 7) is 2.90. The maximum absolute atomic E-state index is 11.9. The van der Waals surface area contributed by atoms with Crippen molar-refractivity contribution in [3.63, 3.8) is 0 Å². The molecule has 0 aliphatic heterocycles. The van der Waals surface area contributed by atoms with Crippen molar-refractivity contribution in [1.29, 1.82) is 0 Å². The van der Waals surface area contributed by atoms with E-state index in [1.54, 1.807) is 0 Å². The molecule has 2 heteroatoms. The molecule has 0 bridgehead atoms. The summed E-state index contributed by atoms with van der Waals surface area (Å²) in [5, 5.41) is 3.23. The number of hydrogen-bond acceptors (Lipinski definition) is 2. The van der Waals surface area contributed by atoms with E-state index in [9.17, 15) is 4.79 Å². The Balaban J connectivity index is 2.27. The fourth-order valence-corrected chi connectivity index (χ4v) is 2.04. The molecular weight excluding hydrogens is 174 g/mol. The Bertz CT molecular complexity index is 346. The van der Waals surface area contributed by atoms with E-state index in [-0.39, 0.29) is 11.8 Å². The number of likely N-dealkylation sites (N-methyl/N-ethyl adjacent to an activating group) is 1. The third-order valence-corrected chi connectivity index (χ3v) is 2.75. The van der Waals surface area contributed by atoms with Gasteiger partial charge in [0, 0.05) is 5.56 Å². The summed E-state index contributed by atoms with van der Waals surface area (Å²) in [5.74, 6) is 0.258. The molecule has 2 rings (SSSR count). The Labute approximate surface area is 84.3 Å². The van der Waals surface area contributed by atoms with Crippen LogP contribution in [0, 0.1) is 0 Å². The molecule has 0 spiro atoms. The largest absolute Gasteiger partial charge is 0.307 e. The van der Waals surface area contributed by atoms with Gasteiger partial charge >= 0.3 is 0 Å². The minimum Gasteiger partial charge on any atom is -0.307 e. The molecule has 1 N–H and O–H groups in total. The maximum atomic E-state index is 11.9. The van der Waals surface area contributed by atoms with Crippen molar-refractivity contribution >= 4 is 5.78 Å². The molecule has 0 saturated carbocycles. The van der Waals surface area contributed by atoms with Gasteiger partial charge in [0.2, 0.25) is 0 Å². The van der Waals surface area contributed by atoms with Crippen LogP contribution in [0.3, 0.4) is 0 Å². The van der Waals surface area contributed by atoms with Crippen molar-refractivity contribution in [3.05, 3.63) is 35.4 Å². The van der Waals surface area contributed by atoms with E-state index in [1.165, 1.54) is 5.56 Å². The minimum atomic E-state index is 0.0369. The van der Waals surface area contributed by atoms with Crippen LogP contribution in [-0.4, -0.2) is 18.4 Å². The lowest BCUT2D eigenvalue weighted by Gasteiger charge is -2.23. The maximum Gasteiger partial charge on any atom is 0.180 e. The molecular formula is C12H15NO. The molecule has 1 atom stereocenters. The number of fused-ring (bicyclic) bond motifs is 1. The lowest BCUT2D eigenvalue weighted by atomic mass is 9.87. The van der Waals surface area contributed by atoms with Gasteiger partial charge in [0.25, 0.3) is 0 Å². The predicted molar refractivity (Wildman–Crippen MR) is 56.6 cm³/mol. The van der Waals surface area contributed by atoms with Crippen LogP contribution in [0.2, 0.25) is 0 Å². The first-order chi connectivity index (χ1) is 6.83. The molecule has 0 amide bonds. The Kier molecular flexibility index (Phi) is 2.64. The molecule has 0 aromatic heterocycles. The summed E-state index contributed by atoms with van der Waals surface area (Å²) in [4.78, 5) is 11.9. The van der Waals surface area contributed by atoms with E-state index >= 15 is 0 Å². The lowest BCUT2D eigenvalue weighted by Crippen LogP contribution is -2.40. The molecule has 1 aliphatic rings. The first kappa shape index (κ1) is 9.41. The summed E-state index contributed by atoms with van der Waals surface area (Å²) in [5.41, 5.74) is 2.11. The van der Waals surface area contributed by atoms with Crippen LogP contribution in [0.4, 0.5) is 0 Å². The van der Waals surface area contributed by atoms with Crippen LogP contribution in [0.5, 0.6) is 0 Å². The third kappa shape index (κ3) is 1.58. The van der Waals surface area contributed by atoms with Gasteiger partial charge in [-0.15, -0.1) is 0 Å². The van der Waals surface area contributed by atoms with Gasteiger partial charge in [-0.3, -0.25) is 4.79 Å². The number of nitrogens with one attached hydrogen (secondary N) is 1. The van der Waals surface area contributed by atoms with Crippen molar-refractivity contribution in [2.75, 3.05) is 6.54 Å². The highest BCUT2D eigenvalue weighted by Gasteiger charge is 2.25. The topological polar surface area (TPSA) is 29.1 Å². The highest BCUT2D eigenvalue weighted by atomic mass is 16.1. The van der Waals surface area contributed by atoms with E-state index in [1.807, 2.05) is 25.1 Å². The monoisotopic (exact) mass is 189 g/mol. The van der Waals surface area contributed by atoms with Gasteiger partial charge in [-0.1, -0.05) is 31.2 Å². The van der Waals surface area contributed by atoms with Crippen LogP contribution in [0.15, 0.2) is 24.3 Å². The molecule has 0 heterocycles. The molecule has 2 nitrogen and oxygen atoms in total. The highest BCUT2D eigenvalue weighted by molar-refractivity contribution is 6.02. The lowest BCUT2D eigenvalue weighted by molar-refractivity contribution is 0.0929. The Morgan fingerprint density at radius 1 is 1.43 bits per heavy atom. The van der Waals surface area contributed by atoms with Crippen molar-refractivity contribution in [2.24, 2.45) is 0 Å². The number of Topliss-reactive ketones (excluding diaryl/α,β-unsaturated/α-hetero) is 1. The van der Waals surface area contributed by atoms with E-state index < -0.39 is 0 Å². The van der Waals surface area contributed by atoms with Gasteiger partial charge in [0.05, 0.1) is 6.04 Å². The average molecular weight is 189 g/mol. The highest BCUT2D eigenvalue weighted by Crippen LogP contribution is 2.20. The number of rotatable bonds is 2. The number of hydrogen-bond donors (Lipinski definition) is 1. The summed E-state index contributed by atoms with van der Waals surface area (Å²) >= 11 is 0. The minimum absolute atomic E-state index is 0.0369. The Morgan fingerprint density at radius 2 is 2.21 bits per heavy atom. The zero-order valence-corrected chi connectivity index (χ0v) is 8.42. The van der Waals surface area contributed by atoms with Gasteiger partial charge in [-0.2, -0.15) is 0 Å². The van der Waals surface area contributed by atoms with Gasteiger partial charge in [0.15, 0.2) is 5.78 Å². The normalized spacial score (nSPS) is 20.6. The Hall–Kier alpha value is -1.15. The van der Waals surface area contributed by atoms with Gasteiger partial charge in [-0.25, -0.2) is 0 Å². The quantitative estimate of drug-likeness (QED) is 0.768. The summed E-state index contributed by atoms with van der Waals surface area (Å²) < 4.78 is 0. The molecule has 1 aromatic carbocycles. The fourth-order valence-electron chi connectivity index (χ4n) is 2.04. The Morgan fingerprint density at radius 3 is 3.00 bits per heavy atom. The van der Waals surface area contributed by atoms with Crippen LogP contribution in [0.25, 0.3) is 0 Å². The first-order valence-electron chi connectivity index (χ1n) is 5.18. The average Bonchev–Trinajstić information content (AvgIpc) is 2.23. The number of carbonyl (C=O) groups excluding carboxylic acids is 1. The molecule has 1 aliphatic carbocycles. The van der Waals surface area contributed by atoms with E-state index in [4.69, 9.17) is 0 Å². The second-order valence-corrected chi connectivity index (χ2v) is 3.67. The van der Waals surface area contributed by atoms with Crippen molar-refractivity contribution in [1.82, 2.24) is 5.32 Å². The van der Waals surface area contributed by atoms with Gasteiger partial charge in [0.1, 0.15) is 0 Å². The SMILES string of the molecule is CCNC1CCc2ccccc2C1=O. The number of aryl methyl sites for hydroxylation is 1. The standard InChI is InChI=1S/C12H15NO/c1-2-13-11-8-7-9-5-3-4-6-10(9)12(11)14/h3-6,11,13H,2,7-8H2,1H3. The van der Waals surface area contributed by atoms with Gasteiger partial charge < -0.3 is 5.32 Å². The first-order valence-corrected chi connectivity index (χ1v) is 5.18. The van der Waals surface area contributed by atoms with Crippen LogP contribution in [-0.2, 0) is 6.42 Å². The van der Waals surface area contributed by atoms with E-state index in [0.29, 0.717) is 0 Å². The van der Waals surface area contributed by atoms with E-state index in [0.717, 1.165) is 24.9 Å². The van der Waals surface area contributed by atoms with Crippen LogP contribution in [0.1, 0.15) is 29.3 Å². The molecule has 74 valence electrons. The van der Waals surface area contributed by atoms with Crippen molar-refractivity contribution < 1.29 is 4.79 Å². The predicted octanol–water partition coefficient (Wildman–Crippen LogP) is 1.79. The zero-order valence-electron chi connectivity index (χ0n) is 8.42. The molecule has 1 unspecified atom stereocenters. The fraction of sp³-hybridized carbons (Fsp3) is 0.417. The van der Waals surface area contributed by atoms with Gasteiger partial charge in [-0.05, 0) is 24.9 Å². The van der Waals surface area contributed by atoms with Crippen molar-refractivity contribution in [2.45, 2.75) is 25.8 Å². The van der Waals surface area contributed by atoms with Crippen molar-refractivity contribution in [3.8, 4) is 0 Å².